The number of hydrogen-bond acceptors (Lipinski definition) is 1. The van der Waals surface area contributed by atoms with Crippen LogP contribution < -0.4 is 10.6 Å². The highest BCUT2D eigenvalue weighted by Gasteiger charge is 2.15. The maximum atomic E-state index is 11.4. The van der Waals surface area contributed by atoms with Gasteiger partial charge in [-0.25, -0.2) is 4.79 Å². The number of nitrogens with one attached hydrogen (secondary N) is 2. The number of rotatable bonds is 5. The smallest absolute Gasteiger partial charge is 0.315 e. The van der Waals surface area contributed by atoms with Crippen LogP contribution in [-0.4, -0.2) is 18.1 Å². The Morgan fingerprint density at radius 2 is 1.57 bits per heavy atom. The average Bonchev–Trinajstić information content (AvgIpc) is 2.04. The number of carbonyl (C=O) groups is 1. The van der Waals surface area contributed by atoms with E-state index in [0.29, 0.717) is 5.92 Å². The SMILES string of the molecule is CCC(CC)C(C)NC(=O)NC(C)C. The topological polar surface area (TPSA) is 41.1 Å². The van der Waals surface area contributed by atoms with Gasteiger partial charge in [-0.05, 0) is 26.7 Å². The van der Waals surface area contributed by atoms with Crippen LogP contribution in [0.2, 0.25) is 0 Å². The first kappa shape index (κ1) is 13.3. The van der Waals surface area contributed by atoms with Crippen LogP contribution in [0.15, 0.2) is 0 Å². The quantitative estimate of drug-likeness (QED) is 0.703. The standard InChI is InChI=1S/C11H24N2O/c1-6-10(7-2)9(5)13-11(14)12-8(3)4/h8-10H,6-7H2,1-5H3,(H2,12,13,14). The van der Waals surface area contributed by atoms with E-state index in [2.05, 4.69) is 31.4 Å². The molecule has 0 fully saturated rings. The Labute approximate surface area is 87.6 Å². The molecular weight excluding hydrogens is 176 g/mol. The second-order valence-corrected chi connectivity index (χ2v) is 4.14. The third-order valence-electron chi connectivity index (χ3n) is 2.53. The van der Waals surface area contributed by atoms with E-state index in [1.54, 1.807) is 0 Å². The van der Waals surface area contributed by atoms with E-state index in [9.17, 15) is 4.79 Å². The lowest BCUT2D eigenvalue weighted by molar-refractivity contribution is 0.229. The first-order valence-electron chi connectivity index (χ1n) is 5.58. The summed E-state index contributed by atoms with van der Waals surface area (Å²) in [4.78, 5) is 11.4. The highest BCUT2D eigenvalue weighted by molar-refractivity contribution is 5.74. The number of hydrogen-bond donors (Lipinski definition) is 2. The molecule has 84 valence electrons. The van der Waals surface area contributed by atoms with E-state index >= 15 is 0 Å². The molecule has 0 heterocycles. The third kappa shape index (κ3) is 5.10. The predicted octanol–water partition coefficient (Wildman–Crippen LogP) is 2.52. The van der Waals surface area contributed by atoms with E-state index in [0.717, 1.165) is 12.8 Å². The van der Waals surface area contributed by atoms with Crippen molar-refractivity contribution < 1.29 is 4.79 Å². The molecule has 14 heavy (non-hydrogen) atoms. The van der Waals surface area contributed by atoms with Gasteiger partial charge in [0.1, 0.15) is 0 Å². The van der Waals surface area contributed by atoms with Crippen LogP contribution in [0.25, 0.3) is 0 Å². The predicted molar refractivity (Wildman–Crippen MR) is 60.3 cm³/mol. The molecule has 0 aromatic rings. The molecule has 0 bridgehead atoms. The highest BCUT2D eigenvalue weighted by Crippen LogP contribution is 2.12. The normalized spacial score (nSPS) is 13.1. The molecule has 0 radical (unpaired) electrons. The Morgan fingerprint density at radius 3 is 1.93 bits per heavy atom. The molecule has 0 aromatic heterocycles. The summed E-state index contributed by atoms with van der Waals surface area (Å²) in [5.41, 5.74) is 0. The molecule has 0 spiro atoms. The van der Waals surface area contributed by atoms with Crippen molar-refractivity contribution in [3.05, 3.63) is 0 Å². The summed E-state index contributed by atoms with van der Waals surface area (Å²) in [6.07, 6.45) is 2.22. The average molecular weight is 200 g/mol. The fourth-order valence-corrected chi connectivity index (χ4v) is 1.62. The van der Waals surface area contributed by atoms with E-state index in [1.807, 2.05) is 13.8 Å². The Hall–Kier alpha value is -0.730. The Morgan fingerprint density at radius 1 is 1.07 bits per heavy atom. The lowest BCUT2D eigenvalue weighted by Gasteiger charge is -2.23. The molecule has 1 unspecified atom stereocenters. The van der Waals surface area contributed by atoms with Gasteiger partial charge < -0.3 is 10.6 Å². The van der Waals surface area contributed by atoms with Crippen molar-refractivity contribution >= 4 is 6.03 Å². The van der Waals surface area contributed by atoms with Crippen molar-refractivity contribution in [2.75, 3.05) is 0 Å². The summed E-state index contributed by atoms with van der Waals surface area (Å²) in [6.45, 7) is 10.3. The van der Waals surface area contributed by atoms with Gasteiger partial charge in [-0.15, -0.1) is 0 Å². The maximum absolute atomic E-state index is 11.4. The van der Waals surface area contributed by atoms with Gasteiger partial charge in [0, 0.05) is 12.1 Å². The lowest BCUT2D eigenvalue weighted by Crippen LogP contribution is -2.46. The molecule has 0 aliphatic carbocycles. The van der Waals surface area contributed by atoms with Gasteiger partial charge in [0.05, 0.1) is 0 Å². The van der Waals surface area contributed by atoms with Gasteiger partial charge in [-0.3, -0.25) is 0 Å². The third-order valence-corrected chi connectivity index (χ3v) is 2.53. The summed E-state index contributed by atoms with van der Waals surface area (Å²) < 4.78 is 0. The monoisotopic (exact) mass is 200 g/mol. The highest BCUT2D eigenvalue weighted by atomic mass is 16.2. The molecular formula is C11H24N2O. The van der Waals surface area contributed by atoms with Gasteiger partial charge in [0.2, 0.25) is 0 Å². The van der Waals surface area contributed by atoms with Crippen LogP contribution in [-0.2, 0) is 0 Å². The van der Waals surface area contributed by atoms with Gasteiger partial charge in [-0.1, -0.05) is 26.7 Å². The first-order valence-corrected chi connectivity index (χ1v) is 5.58. The second kappa shape index (κ2) is 6.68. The maximum Gasteiger partial charge on any atom is 0.315 e. The van der Waals surface area contributed by atoms with Crippen molar-refractivity contribution in [3.8, 4) is 0 Å². The number of amides is 2. The van der Waals surface area contributed by atoms with Crippen molar-refractivity contribution in [1.29, 1.82) is 0 Å². The van der Waals surface area contributed by atoms with E-state index < -0.39 is 0 Å². The van der Waals surface area contributed by atoms with Gasteiger partial charge in [-0.2, -0.15) is 0 Å². The molecule has 0 rings (SSSR count). The first-order chi connectivity index (χ1) is 6.51. The van der Waals surface area contributed by atoms with Gasteiger partial charge in [0.15, 0.2) is 0 Å². The summed E-state index contributed by atoms with van der Waals surface area (Å²) in [5.74, 6) is 0.577. The zero-order chi connectivity index (χ0) is 11.1. The lowest BCUT2D eigenvalue weighted by atomic mass is 9.96. The van der Waals surface area contributed by atoms with Gasteiger partial charge in [0.25, 0.3) is 0 Å². The van der Waals surface area contributed by atoms with Crippen molar-refractivity contribution in [2.24, 2.45) is 5.92 Å². The van der Waals surface area contributed by atoms with Crippen LogP contribution in [0.4, 0.5) is 4.79 Å². The fourth-order valence-electron chi connectivity index (χ4n) is 1.62. The van der Waals surface area contributed by atoms with Crippen LogP contribution >= 0.6 is 0 Å². The minimum Gasteiger partial charge on any atom is -0.336 e. The van der Waals surface area contributed by atoms with E-state index in [4.69, 9.17) is 0 Å². The zero-order valence-electron chi connectivity index (χ0n) is 10.1. The fraction of sp³-hybridized carbons (Fsp3) is 0.909. The molecule has 0 aliphatic heterocycles. The Balaban J connectivity index is 3.91. The largest absolute Gasteiger partial charge is 0.336 e. The minimum atomic E-state index is -0.0561. The van der Waals surface area contributed by atoms with Crippen LogP contribution in [0.1, 0.15) is 47.5 Å². The summed E-state index contributed by atoms with van der Waals surface area (Å²) >= 11 is 0. The summed E-state index contributed by atoms with van der Waals surface area (Å²) in [5, 5.41) is 5.79. The molecule has 0 saturated carbocycles. The van der Waals surface area contributed by atoms with Crippen molar-refractivity contribution in [1.82, 2.24) is 10.6 Å². The Kier molecular flexibility index (Phi) is 6.34. The van der Waals surface area contributed by atoms with Crippen molar-refractivity contribution in [3.63, 3.8) is 0 Å². The molecule has 0 saturated heterocycles. The summed E-state index contributed by atoms with van der Waals surface area (Å²) in [6, 6.07) is 0.395. The summed E-state index contributed by atoms with van der Waals surface area (Å²) in [7, 11) is 0. The molecule has 2 N–H and O–H groups in total. The van der Waals surface area contributed by atoms with E-state index in [-0.39, 0.29) is 18.1 Å². The van der Waals surface area contributed by atoms with Crippen LogP contribution in [0.3, 0.4) is 0 Å². The second-order valence-electron chi connectivity index (χ2n) is 4.14. The van der Waals surface area contributed by atoms with Crippen LogP contribution in [0.5, 0.6) is 0 Å². The molecule has 3 nitrogen and oxygen atoms in total. The minimum absolute atomic E-state index is 0.0561. The van der Waals surface area contributed by atoms with Crippen LogP contribution in [0, 0.1) is 5.92 Å². The molecule has 0 aromatic carbocycles. The molecule has 1 atom stereocenters. The molecule has 0 aliphatic rings. The number of carbonyl (C=O) groups excluding carboxylic acids is 1. The van der Waals surface area contributed by atoms with Gasteiger partial charge >= 0.3 is 6.03 Å². The van der Waals surface area contributed by atoms with Crippen molar-refractivity contribution in [2.45, 2.75) is 59.5 Å². The zero-order valence-corrected chi connectivity index (χ0v) is 10.1. The number of urea groups is 1. The molecule has 3 heteroatoms. The Bertz CT molecular complexity index is 165. The molecule has 2 amide bonds. The van der Waals surface area contributed by atoms with E-state index in [1.165, 1.54) is 0 Å².